The minimum Gasteiger partial charge on any atom is -0.376 e. The molecule has 0 aromatic carbocycles. The van der Waals surface area contributed by atoms with Crippen molar-refractivity contribution in [3.8, 4) is 0 Å². The van der Waals surface area contributed by atoms with Crippen LogP contribution in [0.4, 0.5) is 5.69 Å². The van der Waals surface area contributed by atoms with E-state index in [-0.39, 0.29) is 0 Å². The highest BCUT2D eigenvalue weighted by atomic mass is 15.1. The quantitative estimate of drug-likeness (QED) is 0.706. The second-order valence-electron chi connectivity index (χ2n) is 4.00. The Morgan fingerprint density at radius 3 is 2.38 bits per heavy atom. The molecule has 1 heterocycles. The number of rotatable bonds is 3. The predicted octanol–water partition coefficient (Wildman–Crippen LogP) is 2.35. The van der Waals surface area contributed by atoms with E-state index < -0.39 is 0 Å². The van der Waals surface area contributed by atoms with Crippen LogP contribution in [-0.4, -0.2) is 19.1 Å². The summed E-state index contributed by atoms with van der Waals surface area (Å²) >= 11 is 0. The van der Waals surface area contributed by atoms with Gasteiger partial charge in [0.25, 0.3) is 0 Å². The summed E-state index contributed by atoms with van der Waals surface area (Å²) in [4.78, 5) is 6.46. The Morgan fingerprint density at radius 2 is 2.00 bits per heavy atom. The molecule has 1 aromatic rings. The summed E-state index contributed by atoms with van der Waals surface area (Å²) < 4.78 is 0. The zero-order valence-electron chi connectivity index (χ0n) is 8.91. The zero-order valence-corrected chi connectivity index (χ0v) is 8.91. The van der Waals surface area contributed by atoms with E-state index in [9.17, 15) is 0 Å². The highest BCUT2D eigenvalue weighted by Crippen LogP contribution is 2.11. The van der Waals surface area contributed by atoms with Crippen LogP contribution in [0.25, 0.3) is 0 Å². The van der Waals surface area contributed by atoms with Gasteiger partial charge in [0.2, 0.25) is 0 Å². The van der Waals surface area contributed by atoms with Crippen molar-refractivity contribution >= 4 is 5.69 Å². The molecule has 72 valence electrons. The average molecular weight is 178 g/mol. The molecule has 1 aromatic heterocycles. The van der Waals surface area contributed by atoms with Crippen LogP contribution in [0.1, 0.15) is 19.5 Å². The first-order valence-corrected chi connectivity index (χ1v) is 4.72. The SMILES string of the molecule is CC(C)Cc1ccc(N(C)C)cn1. The first-order valence-electron chi connectivity index (χ1n) is 4.72. The van der Waals surface area contributed by atoms with Gasteiger partial charge in [-0.3, -0.25) is 4.98 Å². The van der Waals surface area contributed by atoms with Gasteiger partial charge in [0.1, 0.15) is 0 Å². The third-order valence-electron chi connectivity index (χ3n) is 1.94. The molecule has 0 N–H and O–H groups in total. The topological polar surface area (TPSA) is 16.1 Å². The molecule has 0 fully saturated rings. The molecule has 0 aliphatic rings. The van der Waals surface area contributed by atoms with Crippen LogP contribution < -0.4 is 4.90 Å². The van der Waals surface area contributed by atoms with Crippen molar-refractivity contribution in [3.63, 3.8) is 0 Å². The smallest absolute Gasteiger partial charge is 0.0547 e. The molecule has 0 spiro atoms. The first-order chi connectivity index (χ1) is 6.09. The number of hydrogen-bond acceptors (Lipinski definition) is 2. The fraction of sp³-hybridized carbons (Fsp3) is 0.545. The monoisotopic (exact) mass is 178 g/mol. The van der Waals surface area contributed by atoms with Gasteiger partial charge in [0, 0.05) is 19.8 Å². The molecular formula is C11H18N2. The lowest BCUT2D eigenvalue weighted by Crippen LogP contribution is -2.09. The third kappa shape index (κ3) is 3.05. The Morgan fingerprint density at radius 1 is 1.31 bits per heavy atom. The van der Waals surface area contributed by atoms with Gasteiger partial charge in [0.05, 0.1) is 11.9 Å². The van der Waals surface area contributed by atoms with Gasteiger partial charge in [-0.05, 0) is 24.5 Å². The Labute approximate surface area is 80.6 Å². The summed E-state index contributed by atoms with van der Waals surface area (Å²) in [5, 5.41) is 0. The fourth-order valence-electron chi connectivity index (χ4n) is 1.22. The summed E-state index contributed by atoms with van der Waals surface area (Å²) in [6.07, 6.45) is 2.99. The van der Waals surface area contributed by atoms with Gasteiger partial charge in [-0.2, -0.15) is 0 Å². The number of hydrogen-bond donors (Lipinski definition) is 0. The van der Waals surface area contributed by atoms with Crippen LogP contribution in [0.15, 0.2) is 18.3 Å². The number of pyridine rings is 1. The highest BCUT2D eigenvalue weighted by Gasteiger charge is 1.99. The van der Waals surface area contributed by atoms with Crippen LogP contribution in [-0.2, 0) is 6.42 Å². The molecule has 0 atom stereocenters. The fourth-order valence-corrected chi connectivity index (χ4v) is 1.22. The van der Waals surface area contributed by atoms with Crippen molar-refractivity contribution in [1.29, 1.82) is 0 Å². The van der Waals surface area contributed by atoms with Crippen molar-refractivity contribution in [2.75, 3.05) is 19.0 Å². The van der Waals surface area contributed by atoms with E-state index in [1.807, 2.05) is 20.3 Å². The zero-order chi connectivity index (χ0) is 9.84. The maximum atomic E-state index is 4.40. The largest absolute Gasteiger partial charge is 0.376 e. The van der Waals surface area contributed by atoms with Gasteiger partial charge >= 0.3 is 0 Å². The van der Waals surface area contributed by atoms with Crippen LogP contribution in [0, 0.1) is 5.92 Å². The van der Waals surface area contributed by atoms with Crippen LogP contribution in [0.5, 0.6) is 0 Å². The van der Waals surface area contributed by atoms with E-state index in [1.165, 1.54) is 5.69 Å². The number of aromatic nitrogens is 1. The van der Waals surface area contributed by atoms with Gasteiger partial charge in [-0.15, -0.1) is 0 Å². The molecular weight excluding hydrogens is 160 g/mol. The maximum Gasteiger partial charge on any atom is 0.0547 e. The summed E-state index contributed by atoms with van der Waals surface area (Å²) in [5.41, 5.74) is 2.34. The highest BCUT2D eigenvalue weighted by molar-refractivity contribution is 5.42. The predicted molar refractivity (Wildman–Crippen MR) is 57.1 cm³/mol. The summed E-state index contributed by atoms with van der Waals surface area (Å²) in [5.74, 6) is 0.678. The molecule has 0 unspecified atom stereocenters. The lowest BCUT2D eigenvalue weighted by Gasteiger charge is -2.12. The van der Waals surface area contributed by atoms with Gasteiger partial charge in [0.15, 0.2) is 0 Å². The first kappa shape index (κ1) is 10.0. The second-order valence-corrected chi connectivity index (χ2v) is 4.00. The van der Waals surface area contributed by atoms with Crippen molar-refractivity contribution in [1.82, 2.24) is 4.98 Å². The second kappa shape index (κ2) is 4.26. The maximum absolute atomic E-state index is 4.40. The Hall–Kier alpha value is -1.05. The summed E-state index contributed by atoms with van der Waals surface area (Å²) in [7, 11) is 4.05. The van der Waals surface area contributed by atoms with E-state index in [2.05, 4.69) is 35.9 Å². The van der Waals surface area contributed by atoms with Gasteiger partial charge in [-0.1, -0.05) is 13.8 Å². The standard InChI is InChI=1S/C11H18N2/c1-9(2)7-10-5-6-11(8-12-10)13(3)4/h5-6,8-9H,7H2,1-4H3. The molecule has 0 radical (unpaired) electrons. The Bertz CT molecular complexity index is 249. The minimum atomic E-state index is 0.678. The van der Waals surface area contributed by atoms with Gasteiger partial charge in [-0.25, -0.2) is 0 Å². The normalized spacial score (nSPS) is 10.5. The van der Waals surface area contributed by atoms with Crippen molar-refractivity contribution in [3.05, 3.63) is 24.0 Å². The van der Waals surface area contributed by atoms with Crippen LogP contribution in [0.2, 0.25) is 0 Å². The average Bonchev–Trinajstić information content (AvgIpc) is 2.04. The molecule has 13 heavy (non-hydrogen) atoms. The number of anilines is 1. The van der Waals surface area contributed by atoms with E-state index in [4.69, 9.17) is 0 Å². The third-order valence-corrected chi connectivity index (χ3v) is 1.94. The van der Waals surface area contributed by atoms with Crippen molar-refractivity contribution < 1.29 is 0 Å². The lowest BCUT2D eigenvalue weighted by atomic mass is 10.1. The van der Waals surface area contributed by atoms with E-state index >= 15 is 0 Å². The molecule has 2 nitrogen and oxygen atoms in total. The number of nitrogens with zero attached hydrogens (tertiary/aromatic N) is 2. The Kier molecular flexibility index (Phi) is 3.29. The van der Waals surface area contributed by atoms with Crippen LogP contribution >= 0.6 is 0 Å². The molecule has 2 heteroatoms. The molecule has 0 aliphatic heterocycles. The summed E-state index contributed by atoms with van der Waals surface area (Å²) in [6.45, 7) is 4.42. The van der Waals surface area contributed by atoms with Crippen molar-refractivity contribution in [2.45, 2.75) is 20.3 Å². The van der Waals surface area contributed by atoms with Crippen LogP contribution in [0.3, 0.4) is 0 Å². The van der Waals surface area contributed by atoms with E-state index in [0.29, 0.717) is 5.92 Å². The lowest BCUT2D eigenvalue weighted by molar-refractivity contribution is 0.635. The minimum absolute atomic E-state index is 0.678. The molecule has 0 aliphatic carbocycles. The molecule has 0 saturated carbocycles. The van der Waals surface area contributed by atoms with Gasteiger partial charge < -0.3 is 4.90 Å². The van der Waals surface area contributed by atoms with E-state index in [0.717, 1.165) is 12.1 Å². The summed E-state index contributed by atoms with van der Waals surface area (Å²) in [6, 6.07) is 4.22. The molecule has 0 bridgehead atoms. The molecule has 1 rings (SSSR count). The Balaban J connectivity index is 2.70. The molecule has 0 amide bonds. The molecule has 0 saturated heterocycles. The van der Waals surface area contributed by atoms with Crippen molar-refractivity contribution in [2.24, 2.45) is 5.92 Å². The van der Waals surface area contributed by atoms with E-state index in [1.54, 1.807) is 0 Å².